The molecule has 3 rings (SSSR count). The highest BCUT2D eigenvalue weighted by Gasteiger charge is 2.38. The molecule has 0 saturated heterocycles. The van der Waals surface area contributed by atoms with Crippen LogP contribution in [0.3, 0.4) is 0 Å². The maximum atomic E-state index is 13.1. The molecule has 24 heavy (non-hydrogen) atoms. The second-order valence-electron chi connectivity index (χ2n) is 5.56. The number of phosphoric ester groups is 1. The molecule has 2 aromatic carbocycles. The van der Waals surface area contributed by atoms with Gasteiger partial charge in [-0.05, 0) is 43.5 Å². The minimum atomic E-state index is -3.99. The van der Waals surface area contributed by atoms with Gasteiger partial charge in [0.2, 0.25) is 0 Å². The first kappa shape index (κ1) is 16.7. The van der Waals surface area contributed by atoms with Crippen LogP contribution in [0.5, 0.6) is 11.5 Å². The fourth-order valence-corrected chi connectivity index (χ4v) is 3.92. The molecule has 1 fully saturated rings. The quantitative estimate of drug-likeness (QED) is 0.704. The van der Waals surface area contributed by atoms with E-state index in [9.17, 15) is 9.36 Å². The number of phosphoric acid groups is 1. The summed E-state index contributed by atoms with van der Waals surface area (Å²) in [6.07, 6.45) is 1.90. The summed E-state index contributed by atoms with van der Waals surface area (Å²) in [5.74, 6) is 0.662. The summed E-state index contributed by atoms with van der Waals surface area (Å²) in [6.45, 7) is 0. The Balaban J connectivity index is 1.82. The summed E-state index contributed by atoms with van der Waals surface area (Å²) in [6, 6.07) is 17.3. The Morgan fingerprint density at radius 3 is 1.88 bits per heavy atom. The van der Waals surface area contributed by atoms with Crippen LogP contribution in [0.25, 0.3) is 0 Å². The summed E-state index contributed by atoms with van der Waals surface area (Å²) >= 11 is 0. The van der Waals surface area contributed by atoms with Gasteiger partial charge in [-0.25, -0.2) is 4.57 Å². The van der Waals surface area contributed by atoms with Crippen molar-refractivity contribution in [2.24, 2.45) is 0 Å². The number of Topliss-reactive ketones (excluding diaryl/α,β-unsaturated/α-hetero) is 1. The standard InChI is InChI=1S/C18H19O5P/c19-17-13-7-8-14-18(17)23-24(20,21-15-9-3-1-4-10-15)22-16-11-5-2-6-12-16/h1-6,9-12,18H,7-8,13-14H2. The highest BCUT2D eigenvalue weighted by Crippen LogP contribution is 2.51. The van der Waals surface area contributed by atoms with Crippen LogP contribution in [-0.4, -0.2) is 11.9 Å². The van der Waals surface area contributed by atoms with Crippen molar-refractivity contribution in [3.8, 4) is 11.5 Å². The summed E-state index contributed by atoms with van der Waals surface area (Å²) < 4.78 is 29.7. The predicted octanol–water partition coefficient (Wildman–Crippen LogP) is 4.78. The highest BCUT2D eigenvalue weighted by atomic mass is 31.2. The molecule has 1 aliphatic carbocycles. The lowest BCUT2D eigenvalue weighted by Crippen LogP contribution is -2.28. The van der Waals surface area contributed by atoms with Gasteiger partial charge in [0.25, 0.3) is 0 Å². The smallest absolute Gasteiger partial charge is 0.395 e. The normalized spacial score (nSPS) is 18.2. The number of para-hydroxylation sites is 2. The minimum Gasteiger partial charge on any atom is -0.395 e. The Bertz CT molecular complexity index is 671. The van der Waals surface area contributed by atoms with Gasteiger partial charge in [-0.2, -0.15) is 0 Å². The summed E-state index contributed by atoms with van der Waals surface area (Å²) in [7, 11) is -3.99. The van der Waals surface area contributed by atoms with E-state index in [1.54, 1.807) is 48.5 Å². The van der Waals surface area contributed by atoms with E-state index in [-0.39, 0.29) is 5.78 Å². The number of rotatable bonds is 6. The minimum absolute atomic E-state index is 0.0604. The lowest BCUT2D eigenvalue weighted by atomic mass is 9.97. The van der Waals surface area contributed by atoms with Gasteiger partial charge in [-0.1, -0.05) is 36.4 Å². The predicted molar refractivity (Wildman–Crippen MR) is 90.1 cm³/mol. The first-order valence-corrected chi connectivity index (χ1v) is 9.41. The molecule has 0 bridgehead atoms. The van der Waals surface area contributed by atoms with Gasteiger partial charge in [-0.3, -0.25) is 9.32 Å². The largest absolute Gasteiger partial charge is 0.588 e. The van der Waals surface area contributed by atoms with Crippen molar-refractivity contribution in [2.75, 3.05) is 0 Å². The Morgan fingerprint density at radius 1 is 0.833 bits per heavy atom. The molecular formula is C18H19O5P. The molecule has 126 valence electrons. The molecule has 5 nitrogen and oxygen atoms in total. The molecule has 0 aliphatic heterocycles. The second kappa shape index (κ2) is 7.65. The van der Waals surface area contributed by atoms with Crippen LogP contribution < -0.4 is 9.05 Å². The summed E-state index contributed by atoms with van der Waals surface area (Å²) in [5, 5.41) is 0. The van der Waals surface area contributed by atoms with E-state index in [1.807, 2.05) is 12.1 Å². The number of carbonyl (C=O) groups is 1. The van der Waals surface area contributed by atoms with Crippen LogP contribution in [0, 0.1) is 0 Å². The van der Waals surface area contributed by atoms with E-state index in [0.29, 0.717) is 24.3 Å². The molecule has 1 saturated carbocycles. The molecule has 0 aromatic heterocycles. The van der Waals surface area contributed by atoms with Crippen LogP contribution in [0.15, 0.2) is 60.7 Å². The van der Waals surface area contributed by atoms with Crippen molar-refractivity contribution in [1.29, 1.82) is 0 Å². The maximum absolute atomic E-state index is 13.1. The fourth-order valence-electron chi connectivity index (χ4n) is 2.50. The molecule has 0 heterocycles. The summed E-state index contributed by atoms with van der Waals surface area (Å²) in [4.78, 5) is 12.0. The lowest BCUT2D eigenvalue weighted by Gasteiger charge is -2.25. The average molecular weight is 346 g/mol. The Hall–Kier alpha value is -2.10. The second-order valence-corrected chi connectivity index (χ2v) is 7.03. The monoisotopic (exact) mass is 346 g/mol. The zero-order valence-corrected chi connectivity index (χ0v) is 14.1. The zero-order chi connectivity index (χ0) is 16.8. The van der Waals surface area contributed by atoms with Gasteiger partial charge >= 0.3 is 7.82 Å². The number of ketones is 1. The van der Waals surface area contributed by atoms with E-state index >= 15 is 0 Å². The van der Waals surface area contributed by atoms with Gasteiger partial charge in [0.1, 0.15) is 17.6 Å². The average Bonchev–Trinajstić information content (AvgIpc) is 2.58. The van der Waals surface area contributed by atoms with Crippen molar-refractivity contribution >= 4 is 13.6 Å². The molecule has 0 N–H and O–H groups in total. The van der Waals surface area contributed by atoms with Crippen molar-refractivity contribution in [3.05, 3.63) is 60.7 Å². The van der Waals surface area contributed by atoms with Crippen molar-refractivity contribution in [1.82, 2.24) is 0 Å². The summed E-state index contributed by atoms with van der Waals surface area (Å²) in [5.41, 5.74) is 0. The molecule has 2 aromatic rings. The topological polar surface area (TPSA) is 61.8 Å². The van der Waals surface area contributed by atoms with E-state index < -0.39 is 13.9 Å². The van der Waals surface area contributed by atoms with E-state index in [1.165, 1.54) is 0 Å². The molecule has 0 spiro atoms. The van der Waals surface area contributed by atoms with Crippen LogP contribution >= 0.6 is 7.82 Å². The van der Waals surface area contributed by atoms with Gasteiger partial charge < -0.3 is 9.05 Å². The molecule has 1 unspecified atom stereocenters. The van der Waals surface area contributed by atoms with E-state index in [4.69, 9.17) is 13.6 Å². The van der Waals surface area contributed by atoms with Gasteiger partial charge in [0.05, 0.1) is 0 Å². The molecule has 6 heteroatoms. The van der Waals surface area contributed by atoms with E-state index in [0.717, 1.165) is 12.8 Å². The van der Waals surface area contributed by atoms with Crippen LogP contribution in [-0.2, 0) is 13.9 Å². The Labute approximate surface area is 141 Å². The Morgan fingerprint density at radius 2 is 1.38 bits per heavy atom. The van der Waals surface area contributed by atoms with Crippen molar-refractivity contribution in [3.63, 3.8) is 0 Å². The fraction of sp³-hybridized carbons (Fsp3) is 0.278. The maximum Gasteiger partial charge on any atom is 0.588 e. The molecule has 1 aliphatic rings. The van der Waals surface area contributed by atoms with Gasteiger partial charge in [0, 0.05) is 6.42 Å². The zero-order valence-electron chi connectivity index (χ0n) is 13.2. The number of carbonyl (C=O) groups excluding carboxylic acids is 1. The molecule has 1 atom stereocenters. The molecule has 0 amide bonds. The van der Waals surface area contributed by atoms with Crippen LogP contribution in [0.4, 0.5) is 0 Å². The number of hydrogen-bond donors (Lipinski definition) is 0. The van der Waals surface area contributed by atoms with Crippen LogP contribution in [0.2, 0.25) is 0 Å². The third-order valence-electron chi connectivity index (χ3n) is 3.68. The van der Waals surface area contributed by atoms with Crippen molar-refractivity contribution < 1.29 is 22.9 Å². The molecular weight excluding hydrogens is 327 g/mol. The Kier molecular flexibility index (Phi) is 5.34. The van der Waals surface area contributed by atoms with E-state index in [2.05, 4.69) is 0 Å². The first-order valence-electron chi connectivity index (χ1n) is 7.95. The molecule has 0 radical (unpaired) electrons. The third kappa shape index (κ3) is 4.47. The first-order chi connectivity index (χ1) is 11.6. The number of benzene rings is 2. The van der Waals surface area contributed by atoms with Crippen molar-refractivity contribution in [2.45, 2.75) is 31.8 Å². The van der Waals surface area contributed by atoms with Gasteiger partial charge in [0.15, 0.2) is 5.78 Å². The van der Waals surface area contributed by atoms with Gasteiger partial charge in [-0.15, -0.1) is 0 Å². The number of hydrogen-bond acceptors (Lipinski definition) is 5. The SMILES string of the molecule is O=C1CCCCC1OP(=O)(Oc1ccccc1)Oc1ccccc1. The van der Waals surface area contributed by atoms with Crippen LogP contribution in [0.1, 0.15) is 25.7 Å². The lowest BCUT2D eigenvalue weighted by molar-refractivity contribution is -0.128. The third-order valence-corrected chi connectivity index (χ3v) is 5.06. The highest BCUT2D eigenvalue weighted by molar-refractivity contribution is 7.49.